The van der Waals surface area contributed by atoms with Gasteiger partial charge in [0.25, 0.3) is 5.92 Å². The van der Waals surface area contributed by atoms with Gasteiger partial charge in [0.15, 0.2) is 6.29 Å². The molecule has 1 atom stereocenters. The maximum atomic E-state index is 14.6. The Kier molecular flexibility index (Phi) is 15.7. The van der Waals surface area contributed by atoms with E-state index in [9.17, 15) is 35.5 Å². The minimum absolute atomic E-state index is 0.0622. The highest BCUT2D eigenvalue weighted by molar-refractivity contribution is 9.10. The van der Waals surface area contributed by atoms with Crippen LogP contribution in [0.1, 0.15) is 69.2 Å². The first-order valence-corrected chi connectivity index (χ1v) is 13.3. The second-order valence-corrected chi connectivity index (χ2v) is 8.83. The Morgan fingerprint density at radius 1 is 1.07 bits per heavy atom. The van der Waals surface area contributed by atoms with Gasteiger partial charge in [0, 0.05) is 30.3 Å². The Labute approximate surface area is 239 Å². The van der Waals surface area contributed by atoms with Gasteiger partial charge in [0.1, 0.15) is 17.6 Å². The lowest BCUT2D eigenvalue weighted by atomic mass is 9.94. The molecule has 3 rings (SSSR count). The number of allylic oxidation sites excluding steroid dienone is 2. The van der Waals surface area contributed by atoms with E-state index in [1.807, 2.05) is 33.8 Å². The number of aldehydes is 1. The zero-order valence-electron chi connectivity index (χ0n) is 23.1. The Morgan fingerprint density at radius 3 is 2.10 bits per heavy atom. The van der Waals surface area contributed by atoms with Gasteiger partial charge in [0.05, 0.1) is 10.2 Å². The zero-order valence-corrected chi connectivity index (χ0v) is 24.7. The van der Waals surface area contributed by atoms with Gasteiger partial charge >= 0.3 is 6.18 Å². The largest absolute Gasteiger partial charge is 0.399 e. The van der Waals surface area contributed by atoms with Crippen LogP contribution in [-0.2, 0) is 10.7 Å². The standard InChI is InChI=1S/C19H15BrF7N.C6H7NO.2C2H6/c1-9-5-11(7-14(20)17(9)22)12(19(25,26)27)8-15(21)10-3-4-16(28)13(6-10)18(2,23)24;8-5-6-3-1-2-4-7-6;2*1-2/h3-8,12H,28H2,1-2H3;1,3,5H,2,4H2;2*1-2H3/b15-8-;;;. The van der Waals surface area contributed by atoms with Crippen LogP contribution in [0.15, 0.2) is 58.0 Å². The molecule has 0 saturated carbocycles. The third-order valence-electron chi connectivity index (χ3n) is 5.06. The predicted octanol–water partition coefficient (Wildman–Crippen LogP) is 9.89. The molecule has 0 aliphatic carbocycles. The molecule has 222 valence electrons. The summed E-state index contributed by atoms with van der Waals surface area (Å²) in [6, 6.07) is 4.57. The number of anilines is 1. The Bertz CT molecular complexity index is 1180. The van der Waals surface area contributed by atoms with Crippen LogP contribution in [0.2, 0.25) is 0 Å². The highest BCUT2D eigenvalue weighted by Crippen LogP contribution is 2.41. The maximum absolute atomic E-state index is 14.6. The van der Waals surface area contributed by atoms with Gasteiger partial charge in [-0.05, 0) is 76.8 Å². The van der Waals surface area contributed by atoms with Crippen LogP contribution in [0.3, 0.4) is 0 Å². The number of nitrogens with two attached hydrogens (primary N) is 1. The number of dihydropyridines is 1. The topological polar surface area (TPSA) is 55.5 Å². The smallest absolute Gasteiger partial charge is 0.398 e. The van der Waals surface area contributed by atoms with E-state index in [1.165, 1.54) is 6.92 Å². The minimum Gasteiger partial charge on any atom is -0.398 e. The van der Waals surface area contributed by atoms with E-state index in [2.05, 4.69) is 20.9 Å². The molecule has 0 spiro atoms. The van der Waals surface area contributed by atoms with Gasteiger partial charge in [-0.15, -0.1) is 0 Å². The maximum Gasteiger partial charge on any atom is 0.399 e. The van der Waals surface area contributed by atoms with E-state index >= 15 is 0 Å². The third-order valence-corrected chi connectivity index (χ3v) is 5.64. The van der Waals surface area contributed by atoms with Crippen molar-refractivity contribution in [2.75, 3.05) is 12.3 Å². The number of aryl methyl sites for hydroxylation is 1. The molecule has 0 amide bonds. The summed E-state index contributed by atoms with van der Waals surface area (Å²) in [6.45, 7) is 10.6. The summed E-state index contributed by atoms with van der Waals surface area (Å²) in [5.74, 6) is -7.90. The summed E-state index contributed by atoms with van der Waals surface area (Å²) in [5, 5.41) is 0. The lowest BCUT2D eigenvalue weighted by Crippen LogP contribution is -2.19. The van der Waals surface area contributed by atoms with Crippen molar-refractivity contribution >= 4 is 39.4 Å². The zero-order chi connectivity index (χ0) is 31.3. The Hall–Kier alpha value is -2.95. The summed E-state index contributed by atoms with van der Waals surface area (Å²) < 4.78 is 95.7. The molecule has 1 heterocycles. The number of nitrogens with zero attached hydrogens (tertiary/aromatic N) is 1. The monoisotopic (exact) mass is 638 g/mol. The van der Waals surface area contributed by atoms with Crippen molar-refractivity contribution in [1.29, 1.82) is 0 Å². The molecule has 2 N–H and O–H groups in total. The second-order valence-electron chi connectivity index (χ2n) is 7.97. The first-order valence-electron chi connectivity index (χ1n) is 12.5. The highest BCUT2D eigenvalue weighted by atomic mass is 79.9. The molecule has 2 aromatic rings. The number of hydrogen-bond acceptors (Lipinski definition) is 3. The predicted molar refractivity (Wildman–Crippen MR) is 152 cm³/mol. The molecule has 0 aromatic heterocycles. The van der Waals surface area contributed by atoms with Crippen LogP contribution in [0.5, 0.6) is 0 Å². The molecular formula is C29H34BrF7N2O. The average molecular weight is 639 g/mol. The molecule has 2 aromatic carbocycles. The van der Waals surface area contributed by atoms with Gasteiger partial charge in [0.2, 0.25) is 0 Å². The summed E-state index contributed by atoms with van der Waals surface area (Å²) >= 11 is 2.83. The lowest BCUT2D eigenvalue weighted by Gasteiger charge is -2.19. The number of halogens is 8. The Balaban J connectivity index is 0.00000106. The van der Waals surface area contributed by atoms with Crippen molar-refractivity contribution < 1.29 is 35.5 Å². The fourth-order valence-corrected chi connectivity index (χ4v) is 3.82. The summed E-state index contributed by atoms with van der Waals surface area (Å²) in [7, 11) is 0. The molecule has 0 radical (unpaired) electrons. The van der Waals surface area contributed by atoms with E-state index in [1.54, 1.807) is 6.08 Å². The van der Waals surface area contributed by atoms with Crippen LogP contribution < -0.4 is 5.73 Å². The molecule has 0 saturated heterocycles. The van der Waals surface area contributed by atoms with Gasteiger partial charge < -0.3 is 5.73 Å². The molecule has 0 fully saturated rings. The van der Waals surface area contributed by atoms with Crippen molar-refractivity contribution in [1.82, 2.24) is 0 Å². The number of benzene rings is 2. The molecule has 3 nitrogen and oxygen atoms in total. The normalized spacial score (nSPS) is 13.8. The molecule has 11 heteroatoms. The summed E-state index contributed by atoms with van der Waals surface area (Å²) in [4.78, 5) is 13.9. The molecule has 1 aliphatic rings. The number of rotatable bonds is 5. The quantitative estimate of drug-likeness (QED) is 0.201. The third kappa shape index (κ3) is 11.3. The number of carbonyl (C=O) groups is 1. The van der Waals surface area contributed by atoms with Gasteiger partial charge in [-0.1, -0.05) is 39.8 Å². The van der Waals surface area contributed by atoms with Crippen molar-refractivity contribution in [2.24, 2.45) is 4.99 Å². The van der Waals surface area contributed by atoms with Gasteiger partial charge in [-0.25, -0.2) is 17.6 Å². The number of aliphatic imine (C=N–C) groups is 1. The molecule has 1 aliphatic heterocycles. The molecule has 40 heavy (non-hydrogen) atoms. The fraction of sp³-hybridized carbons (Fsp3) is 0.379. The van der Waals surface area contributed by atoms with E-state index in [4.69, 9.17) is 5.73 Å². The van der Waals surface area contributed by atoms with E-state index < -0.39 is 46.4 Å². The molecule has 0 bridgehead atoms. The van der Waals surface area contributed by atoms with Crippen molar-refractivity contribution in [3.8, 4) is 0 Å². The van der Waals surface area contributed by atoms with Crippen molar-refractivity contribution in [2.45, 2.75) is 66.0 Å². The van der Waals surface area contributed by atoms with Crippen LogP contribution >= 0.6 is 15.9 Å². The SMILES string of the molecule is CC.CC.Cc1cc(C(/C=C(\F)c2ccc(N)c(C(C)(F)F)c2)C(F)(F)F)cc(Br)c1F.O=CC1=NCCC=C1. The highest BCUT2D eigenvalue weighted by Gasteiger charge is 2.40. The van der Waals surface area contributed by atoms with Crippen LogP contribution in [0, 0.1) is 12.7 Å². The number of nitrogen functional groups attached to an aromatic ring is 1. The first kappa shape index (κ1) is 37.0. The Morgan fingerprint density at radius 2 is 1.68 bits per heavy atom. The van der Waals surface area contributed by atoms with Crippen molar-refractivity contribution in [3.63, 3.8) is 0 Å². The second kappa shape index (κ2) is 17.0. The van der Waals surface area contributed by atoms with Crippen molar-refractivity contribution in [3.05, 3.63) is 81.1 Å². The molecular weight excluding hydrogens is 605 g/mol. The van der Waals surface area contributed by atoms with Crippen LogP contribution in [0.25, 0.3) is 5.83 Å². The van der Waals surface area contributed by atoms with E-state index in [0.29, 0.717) is 18.7 Å². The average Bonchev–Trinajstić information content (AvgIpc) is 2.92. The fourth-order valence-electron chi connectivity index (χ4n) is 3.24. The number of carbonyl (C=O) groups excluding carboxylic acids is 1. The van der Waals surface area contributed by atoms with E-state index in [-0.39, 0.29) is 21.8 Å². The van der Waals surface area contributed by atoms with Gasteiger partial charge in [-0.2, -0.15) is 13.2 Å². The number of alkyl halides is 5. The van der Waals surface area contributed by atoms with Crippen LogP contribution in [0.4, 0.5) is 36.4 Å². The first-order chi connectivity index (χ1) is 18.6. The summed E-state index contributed by atoms with van der Waals surface area (Å²) in [5.41, 5.74) is 4.07. The van der Waals surface area contributed by atoms with E-state index in [0.717, 1.165) is 43.5 Å². The lowest BCUT2D eigenvalue weighted by molar-refractivity contribution is -0.139. The minimum atomic E-state index is -4.90. The number of hydrogen-bond donors (Lipinski definition) is 1. The van der Waals surface area contributed by atoms with Crippen LogP contribution in [-0.4, -0.2) is 24.7 Å². The van der Waals surface area contributed by atoms with Gasteiger partial charge in [-0.3, -0.25) is 9.79 Å². The molecule has 1 unspecified atom stereocenters. The summed E-state index contributed by atoms with van der Waals surface area (Å²) in [6.07, 6.45) is 0.814.